The van der Waals surface area contributed by atoms with Crippen LogP contribution in [0.2, 0.25) is 0 Å². The monoisotopic (exact) mass is 329 g/mol. The van der Waals surface area contributed by atoms with Gasteiger partial charge in [-0.25, -0.2) is 0 Å². The molecule has 0 radical (unpaired) electrons. The van der Waals surface area contributed by atoms with Crippen molar-refractivity contribution in [3.05, 3.63) is 53.6 Å². The van der Waals surface area contributed by atoms with Crippen molar-refractivity contribution in [1.29, 1.82) is 0 Å². The van der Waals surface area contributed by atoms with E-state index in [1.54, 1.807) is 25.3 Å². The van der Waals surface area contributed by atoms with E-state index in [0.717, 1.165) is 11.3 Å². The summed E-state index contributed by atoms with van der Waals surface area (Å²) in [7, 11) is 3.06. The zero-order valence-corrected chi connectivity index (χ0v) is 14.5. The van der Waals surface area contributed by atoms with Gasteiger partial charge in [-0.3, -0.25) is 4.79 Å². The number of carbonyl (C=O) groups excluding carboxylic acids is 1. The number of ether oxygens (including phenoxy) is 3. The van der Waals surface area contributed by atoms with Crippen molar-refractivity contribution < 1.29 is 19.0 Å². The molecule has 0 aromatic heterocycles. The number of amides is 1. The summed E-state index contributed by atoms with van der Waals surface area (Å²) in [6.45, 7) is 4.50. The van der Waals surface area contributed by atoms with Crippen molar-refractivity contribution in [1.82, 2.24) is 5.32 Å². The number of rotatable bonds is 7. The molecule has 0 fully saturated rings. The molecule has 0 bridgehead atoms. The fourth-order valence-corrected chi connectivity index (χ4v) is 2.44. The minimum absolute atomic E-state index is 0.149. The number of methoxy groups -OCH3 is 2. The molecule has 2 aromatic rings. The highest BCUT2D eigenvalue weighted by atomic mass is 16.5. The maximum absolute atomic E-state index is 12.6. The van der Waals surface area contributed by atoms with Crippen molar-refractivity contribution in [3.8, 4) is 17.2 Å². The standard InChI is InChI=1S/C19H23NO4/c1-5-24-15-11-9-14(10-12-15)13(2)20-19(21)16-7-6-8-17(22-3)18(16)23-4/h6-13H,5H2,1-4H3,(H,20,21). The topological polar surface area (TPSA) is 56.8 Å². The summed E-state index contributed by atoms with van der Waals surface area (Å²) in [6.07, 6.45) is 0. The van der Waals surface area contributed by atoms with Crippen LogP contribution in [0.4, 0.5) is 0 Å². The summed E-state index contributed by atoms with van der Waals surface area (Å²) >= 11 is 0. The molecule has 0 spiro atoms. The van der Waals surface area contributed by atoms with Crippen molar-refractivity contribution in [2.75, 3.05) is 20.8 Å². The fourth-order valence-electron chi connectivity index (χ4n) is 2.44. The maximum atomic E-state index is 12.6. The molecule has 0 heterocycles. The first-order valence-corrected chi connectivity index (χ1v) is 7.85. The van der Waals surface area contributed by atoms with E-state index < -0.39 is 0 Å². The van der Waals surface area contributed by atoms with Gasteiger partial charge in [-0.15, -0.1) is 0 Å². The Hall–Kier alpha value is -2.69. The highest BCUT2D eigenvalue weighted by molar-refractivity contribution is 5.98. The third kappa shape index (κ3) is 3.98. The third-order valence-corrected chi connectivity index (χ3v) is 3.69. The van der Waals surface area contributed by atoms with E-state index in [9.17, 15) is 4.79 Å². The van der Waals surface area contributed by atoms with E-state index in [1.807, 2.05) is 38.1 Å². The lowest BCUT2D eigenvalue weighted by atomic mass is 10.1. The zero-order valence-electron chi connectivity index (χ0n) is 14.5. The van der Waals surface area contributed by atoms with Crippen molar-refractivity contribution in [3.63, 3.8) is 0 Å². The molecule has 0 aliphatic rings. The average Bonchev–Trinajstić information content (AvgIpc) is 2.61. The molecule has 1 amide bonds. The van der Waals surface area contributed by atoms with Crippen LogP contribution in [-0.4, -0.2) is 26.7 Å². The third-order valence-electron chi connectivity index (χ3n) is 3.69. The molecule has 0 aliphatic carbocycles. The van der Waals surface area contributed by atoms with Gasteiger partial charge in [0.15, 0.2) is 11.5 Å². The Kier molecular flexibility index (Phi) is 6.07. The number of nitrogens with one attached hydrogen (secondary N) is 1. The fraction of sp³-hybridized carbons (Fsp3) is 0.316. The second kappa shape index (κ2) is 8.24. The first-order chi connectivity index (χ1) is 11.6. The van der Waals surface area contributed by atoms with Crippen molar-refractivity contribution >= 4 is 5.91 Å². The first kappa shape index (κ1) is 17.7. The molecule has 1 atom stereocenters. The van der Waals surface area contributed by atoms with Crippen LogP contribution in [0.15, 0.2) is 42.5 Å². The molecule has 1 N–H and O–H groups in total. The molecule has 0 saturated carbocycles. The minimum atomic E-state index is -0.216. The molecule has 2 aromatic carbocycles. The van der Waals surface area contributed by atoms with Gasteiger partial charge >= 0.3 is 0 Å². The lowest BCUT2D eigenvalue weighted by Crippen LogP contribution is -2.27. The van der Waals surface area contributed by atoms with E-state index in [2.05, 4.69) is 5.32 Å². The Labute approximate surface area is 142 Å². The lowest BCUT2D eigenvalue weighted by molar-refractivity contribution is 0.0936. The molecule has 0 aliphatic heterocycles. The summed E-state index contributed by atoms with van der Waals surface area (Å²) in [4.78, 5) is 12.6. The van der Waals surface area contributed by atoms with Crippen LogP contribution < -0.4 is 19.5 Å². The van der Waals surface area contributed by atoms with Crippen molar-refractivity contribution in [2.45, 2.75) is 19.9 Å². The predicted molar refractivity (Wildman–Crippen MR) is 93.0 cm³/mol. The molecule has 5 nitrogen and oxygen atoms in total. The highest BCUT2D eigenvalue weighted by Gasteiger charge is 2.18. The Bertz CT molecular complexity index is 682. The van der Waals surface area contributed by atoms with E-state index in [4.69, 9.17) is 14.2 Å². The van der Waals surface area contributed by atoms with E-state index in [0.29, 0.717) is 23.7 Å². The summed E-state index contributed by atoms with van der Waals surface area (Å²) in [5.74, 6) is 1.55. The van der Waals surface area contributed by atoms with E-state index in [-0.39, 0.29) is 11.9 Å². The van der Waals surface area contributed by atoms with Crippen LogP contribution in [0.1, 0.15) is 35.8 Å². The van der Waals surface area contributed by atoms with Crippen LogP contribution in [0.3, 0.4) is 0 Å². The molecule has 0 saturated heterocycles. The SMILES string of the molecule is CCOc1ccc(C(C)NC(=O)c2cccc(OC)c2OC)cc1. The number of benzene rings is 2. The average molecular weight is 329 g/mol. The van der Waals surface area contributed by atoms with Gasteiger partial charge in [-0.1, -0.05) is 18.2 Å². The summed E-state index contributed by atoms with van der Waals surface area (Å²) < 4.78 is 16.0. The van der Waals surface area contributed by atoms with Crippen LogP contribution in [0.25, 0.3) is 0 Å². The van der Waals surface area contributed by atoms with Gasteiger partial charge in [0.25, 0.3) is 5.91 Å². The number of carbonyl (C=O) groups is 1. The van der Waals surface area contributed by atoms with Crippen LogP contribution >= 0.6 is 0 Å². The molecule has 1 unspecified atom stereocenters. The second-order valence-electron chi connectivity index (χ2n) is 5.24. The summed E-state index contributed by atoms with van der Waals surface area (Å²) in [5, 5.41) is 2.97. The lowest BCUT2D eigenvalue weighted by Gasteiger charge is -2.17. The highest BCUT2D eigenvalue weighted by Crippen LogP contribution is 2.31. The number of para-hydroxylation sites is 1. The van der Waals surface area contributed by atoms with Gasteiger partial charge < -0.3 is 19.5 Å². The van der Waals surface area contributed by atoms with Crippen LogP contribution in [0, 0.1) is 0 Å². The van der Waals surface area contributed by atoms with E-state index >= 15 is 0 Å². The zero-order chi connectivity index (χ0) is 17.5. The first-order valence-electron chi connectivity index (χ1n) is 7.85. The van der Waals surface area contributed by atoms with Crippen molar-refractivity contribution in [2.24, 2.45) is 0 Å². The maximum Gasteiger partial charge on any atom is 0.255 e. The number of hydrogen-bond acceptors (Lipinski definition) is 4. The van der Waals surface area contributed by atoms with Gasteiger partial charge in [-0.05, 0) is 43.7 Å². The van der Waals surface area contributed by atoms with Gasteiger partial charge in [-0.2, -0.15) is 0 Å². The van der Waals surface area contributed by atoms with Gasteiger partial charge in [0.1, 0.15) is 5.75 Å². The molecule has 2 rings (SSSR count). The summed E-state index contributed by atoms with van der Waals surface area (Å²) in [5.41, 5.74) is 1.43. The minimum Gasteiger partial charge on any atom is -0.494 e. The largest absolute Gasteiger partial charge is 0.494 e. The molecular weight excluding hydrogens is 306 g/mol. The van der Waals surface area contributed by atoms with Gasteiger partial charge in [0.05, 0.1) is 32.4 Å². The normalized spacial score (nSPS) is 11.5. The molecule has 5 heteroatoms. The molecule has 128 valence electrons. The Balaban J connectivity index is 2.14. The number of hydrogen-bond donors (Lipinski definition) is 1. The smallest absolute Gasteiger partial charge is 0.255 e. The van der Waals surface area contributed by atoms with Gasteiger partial charge in [0.2, 0.25) is 0 Å². The van der Waals surface area contributed by atoms with Crippen LogP contribution in [0.5, 0.6) is 17.2 Å². The molecular formula is C19H23NO4. The Morgan fingerprint density at radius 1 is 1.08 bits per heavy atom. The van der Waals surface area contributed by atoms with Crippen LogP contribution in [-0.2, 0) is 0 Å². The Morgan fingerprint density at radius 3 is 2.38 bits per heavy atom. The van der Waals surface area contributed by atoms with Gasteiger partial charge in [0, 0.05) is 0 Å². The second-order valence-corrected chi connectivity index (χ2v) is 5.24. The predicted octanol–water partition coefficient (Wildman–Crippen LogP) is 3.59. The van der Waals surface area contributed by atoms with E-state index in [1.165, 1.54) is 7.11 Å². The summed E-state index contributed by atoms with van der Waals surface area (Å²) in [6, 6.07) is 12.8. The quantitative estimate of drug-likeness (QED) is 0.843. The molecule has 24 heavy (non-hydrogen) atoms. The Morgan fingerprint density at radius 2 is 1.79 bits per heavy atom.